The van der Waals surface area contributed by atoms with Gasteiger partial charge in [0.1, 0.15) is 12.1 Å². The van der Waals surface area contributed by atoms with Gasteiger partial charge in [-0.15, -0.1) is 5.10 Å². The van der Waals surface area contributed by atoms with Crippen LogP contribution in [0.3, 0.4) is 0 Å². The number of nitrogens with zero attached hydrogens (tertiary/aromatic N) is 6. The summed E-state index contributed by atoms with van der Waals surface area (Å²) >= 11 is 6.77. The number of methoxy groups -OCH3 is 1. The summed E-state index contributed by atoms with van der Waals surface area (Å²) in [5.41, 5.74) is 4.07. The number of fused-ring (bicyclic) bond motifs is 1. The first kappa shape index (κ1) is 27.2. The molecule has 1 atom stereocenters. The molecule has 0 saturated heterocycles. The fraction of sp³-hybridized carbons (Fsp3) is 0.433. The minimum absolute atomic E-state index is 0.0248. The van der Waals surface area contributed by atoms with Gasteiger partial charge in [-0.25, -0.2) is 9.67 Å². The fourth-order valence-electron chi connectivity index (χ4n) is 5.94. The molecule has 3 heterocycles. The molecule has 0 radical (unpaired) electrons. The number of pyridine rings is 2. The number of hydrogen-bond donors (Lipinski definition) is 2. The third-order valence-electron chi connectivity index (χ3n) is 8.13. The summed E-state index contributed by atoms with van der Waals surface area (Å²) in [7, 11) is 1.62. The van der Waals surface area contributed by atoms with Crippen molar-refractivity contribution in [1.29, 1.82) is 5.26 Å². The molecular weight excluding hydrogens is 543 g/mol. The molecule has 9 nitrogen and oxygen atoms in total. The van der Waals surface area contributed by atoms with Crippen molar-refractivity contribution in [3.8, 4) is 11.9 Å². The van der Waals surface area contributed by atoms with Gasteiger partial charge in [0.25, 0.3) is 0 Å². The normalized spacial score (nSPS) is 20.1. The SMILES string of the molecule is COc1c(C(Nc2cc(Cl)c3ncc(C#N)c(NCC(C)(C)C)c3c2)c2ccc(F)nc2C)nnn1C12CC(C1)C2. The first-order valence-electron chi connectivity index (χ1n) is 13.7. The summed E-state index contributed by atoms with van der Waals surface area (Å²) in [5.74, 6) is 0.752. The summed E-state index contributed by atoms with van der Waals surface area (Å²) in [6.45, 7) is 8.75. The van der Waals surface area contributed by atoms with Crippen molar-refractivity contribution < 1.29 is 9.13 Å². The Labute approximate surface area is 243 Å². The van der Waals surface area contributed by atoms with Crippen molar-refractivity contribution in [3.63, 3.8) is 0 Å². The van der Waals surface area contributed by atoms with Crippen LogP contribution in [0.2, 0.25) is 5.02 Å². The van der Waals surface area contributed by atoms with Crippen LogP contribution in [-0.2, 0) is 5.54 Å². The second kappa shape index (κ2) is 9.84. The predicted octanol–water partition coefficient (Wildman–Crippen LogP) is 6.37. The van der Waals surface area contributed by atoms with Crippen molar-refractivity contribution in [2.45, 2.75) is 58.5 Å². The lowest BCUT2D eigenvalue weighted by molar-refractivity contribution is -0.103. The van der Waals surface area contributed by atoms with E-state index in [0.717, 1.165) is 30.7 Å². The van der Waals surface area contributed by atoms with Gasteiger partial charge in [-0.3, -0.25) is 4.98 Å². The molecule has 41 heavy (non-hydrogen) atoms. The van der Waals surface area contributed by atoms with Crippen molar-refractivity contribution in [3.05, 3.63) is 63.9 Å². The molecule has 0 aliphatic heterocycles. The Morgan fingerprint density at radius 1 is 1.27 bits per heavy atom. The molecule has 3 aliphatic rings. The van der Waals surface area contributed by atoms with E-state index < -0.39 is 12.0 Å². The Hall–Kier alpha value is -3.97. The first-order chi connectivity index (χ1) is 19.5. The number of aromatic nitrogens is 5. The number of halogens is 2. The summed E-state index contributed by atoms with van der Waals surface area (Å²) in [6.07, 6.45) is 4.75. The van der Waals surface area contributed by atoms with E-state index in [9.17, 15) is 9.65 Å². The number of ether oxygens (including phenoxy) is 1. The van der Waals surface area contributed by atoms with E-state index in [-0.39, 0.29) is 11.0 Å². The van der Waals surface area contributed by atoms with E-state index in [1.807, 2.05) is 10.7 Å². The molecule has 212 valence electrons. The molecule has 11 heteroatoms. The topological polar surface area (TPSA) is 114 Å². The number of anilines is 2. The van der Waals surface area contributed by atoms with Crippen LogP contribution in [0.1, 0.15) is 68.6 Å². The smallest absolute Gasteiger partial charge is 0.238 e. The molecule has 2 bridgehead atoms. The average Bonchev–Trinajstić information content (AvgIpc) is 3.27. The van der Waals surface area contributed by atoms with Crippen molar-refractivity contribution in [2.24, 2.45) is 11.3 Å². The zero-order chi connectivity index (χ0) is 29.1. The Morgan fingerprint density at radius 3 is 2.63 bits per heavy atom. The fourth-order valence-corrected chi connectivity index (χ4v) is 6.21. The average molecular weight is 575 g/mol. The minimum Gasteiger partial charge on any atom is -0.480 e. The number of aryl methyl sites for hydroxylation is 1. The van der Waals surface area contributed by atoms with Gasteiger partial charge in [0.15, 0.2) is 5.69 Å². The molecular formula is C30H32ClFN8O. The largest absolute Gasteiger partial charge is 0.480 e. The second-order valence-corrected chi connectivity index (χ2v) is 12.8. The van der Waals surface area contributed by atoms with Crippen LogP contribution < -0.4 is 15.4 Å². The number of hydrogen-bond acceptors (Lipinski definition) is 8. The van der Waals surface area contributed by atoms with Crippen LogP contribution >= 0.6 is 11.6 Å². The highest BCUT2D eigenvalue weighted by Crippen LogP contribution is 2.63. The van der Waals surface area contributed by atoms with E-state index in [0.29, 0.717) is 56.7 Å². The molecule has 0 amide bonds. The summed E-state index contributed by atoms with van der Waals surface area (Å²) in [5, 5.41) is 27.1. The molecule has 1 unspecified atom stereocenters. The molecule has 3 aromatic heterocycles. The third kappa shape index (κ3) is 4.72. The lowest BCUT2D eigenvalue weighted by Crippen LogP contribution is -2.59. The maximum atomic E-state index is 14.1. The quantitative estimate of drug-likeness (QED) is 0.233. The molecule has 0 spiro atoms. The summed E-state index contributed by atoms with van der Waals surface area (Å²) < 4.78 is 21.9. The van der Waals surface area contributed by atoms with Gasteiger partial charge in [-0.2, -0.15) is 9.65 Å². The van der Waals surface area contributed by atoms with Crippen LogP contribution in [0.15, 0.2) is 30.5 Å². The molecule has 3 fully saturated rings. The number of benzene rings is 1. The molecule has 3 aliphatic carbocycles. The Kier molecular flexibility index (Phi) is 6.53. The van der Waals surface area contributed by atoms with Crippen LogP contribution in [0, 0.1) is 35.5 Å². The highest BCUT2D eigenvalue weighted by molar-refractivity contribution is 6.35. The van der Waals surface area contributed by atoms with Crippen LogP contribution in [-0.4, -0.2) is 38.6 Å². The standard InChI is InChI=1S/C30H32ClFN8O/c1-16-20(6-7-23(32)36-16)26(27-28(41-5)40(39-38-27)30-10-17(11-30)12-30)37-19-8-21-24(35-15-29(2,3)4)18(13-33)14-34-25(21)22(31)9-19/h6-9,14,17,26,37H,10-12,15H2,1-5H3,(H,34,35). The van der Waals surface area contributed by atoms with Crippen molar-refractivity contribution >= 4 is 33.9 Å². The van der Waals surface area contributed by atoms with E-state index in [1.54, 1.807) is 26.2 Å². The molecule has 2 N–H and O–H groups in total. The minimum atomic E-state index is -0.578. The maximum Gasteiger partial charge on any atom is 0.238 e. The number of nitriles is 1. The van der Waals surface area contributed by atoms with Gasteiger partial charge in [-0.1, -0.05) is 43.7 Å². The molecule has 1 aromatic carbocycles. The predicted molar refractivity (Wildman–Crippen MR) is 156 cm³/mol. The monoisotopic (exact) mass is 574 g/mol. The highest BCUT2D eigenvalue weighted by Gasteiger charge is 2.60. The van der Waals surface area contributed by atoms with Gasteiger partial charge < -0.3 is 15.4 Å². The van der Waals surface area contributed by atoms with E-state index in [1.165, 1.54) is 12.3 Å². The van der Waals surface area contributed by atoms with Crippen molar-refractivity contribution in [1.82, 2.24) is 25.0 Å². The van der Waals surface area contributed by atoms with Gasteiger partial charge in [-0.05, 0) is 55.7 Å². The summed E-state index contributed by atoms with van der Waals surface area (Å²) in [6, 6.07) is 8.40. The third-order valence-corrected chi connectivity index (χ3v) is 8.42. The maximum absolute atomic E-state index is 14.1. The number of rotatable bonds is 8. The van der Waals surface area contributed by atoms with Crippen LogP contribution in [0.5, 0.6) is 5.88 Å². The van der Waals surface area contributed by atoms with Crippen LogP contribution in [0.4, 0.5) is 15.8 Å². The number of nitrogens with one attached hydrogen (secondary N) is 2. The Bertz CT molecular complexity index is 1690. The van der Waals surface area contributed by atoms with Gasteiger partial charge in [0, 0.05) is 35.1 Å². The first-order valence-corrected chi connectivity index (χ1v) is 14.1. The molecule has 3 saturated carbocycles. The Balaban J connectivity index is 1.47. The molecule has 7 rings (SSSR count). The lowest BCUT2D eigenvalue weighted by atomic mass is 9.50. The zero-order valence-corrected chi connectivity index (χ0v) is 24.5. The van der Waals surface area contributed by atoms with Gasteiger partial charge in [0.05, 0.1) is 34.4 Å². The van der Waals surface area contributed by atoms with Crippen molar-refractivity contribution in [2.75, 3.05) is 24.3 Å². The Morgan fingerprint density at radius 2 is 2.02 bits per heavy atom. The van der Waals surface area contributed by atoms with Gasteiger partial charge in [0.2, 0.25) is 11.8 Å². The summed E-state index contributed by atoms with van der Waals surface area (Å²) in [4.78, 5) is 8.55. The van der Waals surface area contributed by atoms with E-state index in [4.69, 9.17) is 16.3 Å². The van der Waals surface area contributed by atoms with Crippen LogP contribution in [0.25, 0.3) is 10.9 Å². The second-order valence-electron chi connectivity index (χ2n) is 12.4. The highest BCUT2D eigenvalue weighted by atomic mass is 35.5. The van der Waals surface area contributed by atoms with Gasteiger partial charge >= 0.3 is 0 Å². The zero-order valence-electron chi connectivity index (χ0n) is 23.7. The lowest BCUT2D eigenvalue weighted by Gasteiger charge is -2.61. The van der Waals surface area contributed by atoms with E-state index >= 15 is 0 Å². The van der Waals surface area contributed by atoms with E-state index in [2.05, 4.69) is 57.8 Å². The molecule has 4 aromatic rings.